The molecule has 0 aliphatic rings. The molecule has 0 aliphatic heterocycles. The zero-order chi connectivity index (χ0) is 12.2. The van der Waals surface area contributed by atoms with E-state index in [1.165, 1.54) is 12.1 Å². The fourth-order valence-corrected chi connectivity index (χ4v) is 1.18. The number of hydrogen-bond acceptors (Lipinski definition) is 2. The third-order valence-corrected chi connectivity index (χ3v) is 2.00. The van der Waals surface area contributed by atoms with Gasteiger partial charge in [0.15, 0.2) is 0 Å². The molecule has 0 spiro atoms. The molecule has 0 bridgehead atoms. The van der Waals surface area contributed by atoms with Crippen LogP contribution in [0.15, 0.2) is 29.3 Å². The molecule has 0 heterocycles. The molecule has 0 aliphatic carbocycles. The van der Waals surface area contributed by atoms with Gasteiger partial charge in [-0.2, -0.15) is 0 Å². The third kappa shape index (κ3) is 4.33. The van der Waals surface area contributed by atoms with Gasteiger partial charge in [-0.05, 0) is 24.6 Å². The summed E-state index contributed by atoms with van der Waals surface area (Å²) in [5.74, 6) is -0.206. The summed E-state index contributed by atoms with van der Waals surface area (Å²) in [4.78, 5) is 3.97. The van der Waals surface area contributed by atoms with Gasteiger partial charge in [-0.25, -0.2) is 0 Å². The quantitative estimate of drug-likeness (QED) is 0.732. The Balaban J connectivity index is 2.68. The van der Waals surface area contributed by atoms with Crippen LogP contribution in [0.1, 0.15) is 12.5 Å². The first-order chi connectivity index (χ1) is 7.40. The Kier molecular flexibility index (Phi) is 3.93. The number of rotatable bonds is 3. The highest BCUT2D eigenvalue weighted by Crippen LogP contribution is 2.22. The monoisotopic (exact) mass is 231 g/mol. The van der Waals surface area contributed by atoms with Crippen LogP contribution in [0.4, 0.5) is 13.2 Å². The van der Waals surface area contributed by atoms with Gasteiger partial charge in [0, 0.05) is 19.2 Å². The van der Waals surface area contributed by atoms with Gasteiger partial charge in [-0.15, -0.1) is 13.2 Å². The van der Waals surface area contributed by atoms with Gasteiger partial charge >= 0.3 is 6.36 Å². The van der Waals surface area contributed by atoms with Gasteiger partial charge in [0.25, 0.3) is 0 Å². The highest BCUT2D eigenvalue weighted by molar-refractivity contribution is 5.84. The van der Waals surface area contributed by atoms with Crippen molar-refractivity contribution in [1.29, 1.82) is 0 Å². The fourth-order valence-electron chi connectivity index (χ4n) is 1.18. The molecule has 0 N–H and O–H groups in total. The number of alkyl halides is 3. The first kappa shape index (κ1) is 12.5. The zero-order valence-electron chi connectivity index (χ0n) is 9.01. The summed E-state index contributed by atoms with van der Waals surface area (Å²) >= 11 is 0. The lowest BCUT2D eigenvalue weighted by Gasteiger charge is -2.09. The maximum Gasteiger partial charge on any atom is 0.573 e. The Labute approximate surface area is 91.8 Å². The van der Waals surface area contributed by atoms with Gasteiger partial charge in [-0.3, -0.25) is 4.99 Å². The van der Waals surface area contributed by atoms with E-state index in [0.717, 1.165) is 11.3 Å². The number of hydrogen-bond donors (Lipinski definition) is 0. The Morgan fingerprint density at radius 1 is 1.25 bits per heavy atom. The summed E-state index contributed by atoms with van der Waals surface area (Å²) in [6.07, 6.45) is -4.01. The van der Waals surface area contributed by atoms with Crippen molar-refractivity contribution >= 4 is 5.71 Å². The molecular weight excluding hydrogens is 219 g/mol. The minimum absolute atomic E-state index is 0.206. The van der Waals surface area contributed by atoms with Gasteiger partial charge in [-0.1, -0.05) is 12.1 Å². The van der Waals surface area contributed by atoms with Crippen LogP contribution in [0.3, 0.4) is 0 Å². The number of benzene rings is 1. The van der Waals surface area contributed by atoms with Crippen molar-refractivity contribution in [3.05, 3.63) is 29.8 Å². The van der Waals surface area contributed by atoms with Crippen LogP contribution in [-0.2, 0) is 6.42 Å². The van der Waals surface area contributed by atoms with E-state index < -0.39 is 6.36 Å². The highest BCUT2D eigenvalue weighted by atomic mass is 19.4. The second kappa shape index (κ2) is 5.01. The van der Waals surface area contributed by atoms with Crippen molar-refractivity contribution in [2.75, 3.05) is 7.05 Å². The SMILES string of the molecule is CN=C(C)Cc1ccc(OC(F)(F)F)cc1. The standard InChI is InChI=1S/C11H12F3NO/c1-8(15-2)7-9-3-5-10(6-4-9)16-11(12,13)14/h3-6H,7H2,1-2H3. The van der Waals surface area contributed by atoms with E-state index in [1.807, 2.05) is 6.92 Å². The predicted molar refractivity (Wildman–Crippen MR) is 55.9 cm³/mol. The number of halogens is 3. The highest BCUT2D eigenvalue weighted by Gasteiger charge is 2.30. The molecule has 0 saturated heterocycles. The molecular formula is C11H12F3NO. The molecule has 1 aromatic carbocycles. The second-order valence-corrected chi connectivity index (χ2v) is 3.33. The minimum Gasteiger partial charge on any atom is -0.406 e. The van der Waals surface area contributed by atoms with E-state index in [2.05, 4.69) is 9.73 Å². The van der Waals surface area contributed by atoms with Crippen LogP contribution < -0.4 is 4.74 Å². The van der Waals surface area contributed by atoms with Gasteiger partial charge in [0.05, 0.1) is 0 Å². The summed E-state index contributed by atoms with van der Waals surface area (Å²) in [6, 6.07) is 5.78. The lowest BCUT2D eigenvalue weighted by atomic mass is 10.1. The lowest BCUT2D eigenvalue weighted by Crippen LogP contribution is -2.17. The molecule has 5 heteroatoms. The summed E-state index contributed by atoms with van der Waals surface area (Å²) in [6.45, 7) is 1.86. The Hall–Kier alpha value is -1.52. The Morgan fingerprint density at radius 3 is 2.25 bits per heavy atom. The molecule has 2 nitrogen and oxygen atoms in total. The van der Waals surface area contributed by atoms with E-state index in [9.17, 15) is 13.2 Å². The molecule has 88 valence electrons. The van der Waals surface area contributed by atoms with Crippen LogP contribution in [0.25, 0.3) is 0 Å². The summed E-state index contributed by atoms with van der Waals surface area (Å²) in [7, 11) is 1.68. The summed E-state index contributed by atoms with van der Waals surface area (Å²) in [5.41, 5.74) is 1.82. The molecule has 0 saturated carbocycles. The van der Waals surface area contributed by atoms with E-state index in [4.69, 9.17) is 0 Å². The van der Waals surface area contributed by atoms with Crippen LogP contribution in [0, 0.1) is 0 Å². The molecule has 0 atom stereocenters. The number of aliphatic imine (C=N–C) groups is 1. The first-order valence-corrected chi connectivity index (χ1v) is 4.67. The zero-order valence-corrected chi connectivity index (χ0v) is 9.01. The van der Waals surface area contributed by atoms with Gasteiger partial charge < -0.3 is 4.74 Å². The minimum atomic E-state index is -4.64. The van der Waals surface area contributed by atoms with Crippen molar-refractivity contribution < 1.29 is 17.9 Å². The van der Waals surface area contributed by atoms with Crippen LogP contribution in [0.5, 0.6) is 5.75 Å². The molecule has 1 rings (SSSR count). The van der Waals surface area contributed by atoms with Crippen LogP contribution >= 0.6 is 0 Å². The Bertz CT molecular complexity index is 368. The third-order valence-electron chi connectivity index (χ3n) is 2.00. The number of nitrogens with zero attached hydrogens (tertiary/aromatic N) is 1. The van der Waals surface area contributed by atoms with Crippen molar-refractivity contribution in [2.24, 2.45) is 4.99 Å². The predicted octanol–water partition coefficient (Wildman–Crippen LogP) is 3.22. The van der Waals surface area contributed by atoms with Crippen LogP contribution in [-0.4, -0.2) is 19.1 Å². The average Bonchev–Trinajstić information content (AvgIpc) is 2.18. The molecule has 16 heavy (non-hydrogen) atoms. The summed E-state index contributed by atoms with van der Waals surface area (Å²) < 4.78 is 39.4. The topological polar surface area (TPSA) is 21.6 Å². The first-order valence-electron chi connectivity index (χ1n) is 4.67. The van der Waals surface area contributed by atoms with Gasteiger partial charge in [0.2, 0.25) is 0 Å². The largest absolute Gasteiger partial charge is 0.573 e. The van der Waals surface area contributed by atoms with E-state index in [-0.39, 0.29) is 5.75 Å². The maximum absolute atomic E-state index is 11.9. The molecule has 0 aromatic heterocycles. The maximum atomic E-state index is 11.9. The molecule has 1 aromatic rings. The molecule has 0 amide bonds. The molecule has 0 radical (unpaired) electrons. The lowest BCUT2D eigenvalue weighted by molar-refractivity contribution is -0.274. The van der Waals surface area contributed by atoms with Crippen molar-refractivity contribution in [1.82, 2.24) is 0 Å². The van der Waals surface area contributed by atoms with Crippen molar-refractivity contribution in [3.8, 4) is 5.75 Å². The normalized spacial score (nSPS) is 12.7. The number of ether oxygens (including phenoxy) is 1. The van der Waals surface area contributed by atoms with E-state index in [1.54, 1.807) is 19.2 Å². The smallest absolute Gasteiger partial charge is 0.406 e. The van der Waals surface area contributed by atoms with E-state index >= 15 is 0 Å². The molecule has 0 fully saturated rings. The van der Waals surface area contributed by atoms with Gasteiger partial charge in [0.1, 0.15) is 5.75 Å². The fraction of sp³-hybridized carbons (Fsp3) is 0.364. The van der Waals surface area contributed by atoms with Crippen molar-refractivity contribution in [3.63, 3.8) is 0 Å². The average molecular weight is 231 g/mol. The second-order valence-electron chi connectivity index (χ2n) is 3.33. The van der Waals surface area contributed by atoms with Crippen LogP contribution in [0.2, 0.25) is 0 Å². The summed E-state index contributed by atoms with van der Waals surface area (Å²) in [5, 5.41) is 0. The van der Waals surface area contributed by atoms with E-state index in [0.29, 0.717) is 6.42 Å². The Morgan fingerprint density at radius 2 is 1.81 bits per heavy atom. The van der Waals surface area contributed by atoms with Crippen molar-refractivity contribution in [2.45, 2.75) is 19.7 Å². The molecule has 0 unspecified atom stereocenters.